The van der Waals surface area contributed by atoms with Gasteiger partial charge in [-0.25, -0.2) is 0 Å². The predicted octanol–water partition coefficient (Wildman–Crippen LogP) is 3.45. The molecule has 1 aromatic heterocycles. The Labute approximate surface area is 118 Å². The third-order valence-corrected chi connectivity index (χ3v) is 3.59. The third-order valence-electron chi connectivity index (χ3n) is 3.59. The average Bonchev–Trinajstić information content (AvgIpc) is 2.45. The number of H-pyrrole nitrogens is 1. The lowest BCUT2D eigenvalue weighted by atomic mass is 10.1. The van der Waals surface area contributed by atoms with Gasteiger partial charge in [0.05, 0.1) is 16.6 Å². The summed E-state index contributed by atoms with van der Waals surface area (Å²) in [5.41, 5.74) is 0.498. The minimum Gasteiger partial charge on any atom is -0.506 e. The molecule has 0 saturated carbocycles. The first-order valence-electron chi connectivity index (χ1n) is 7.21. The van der Waals surface area contributed by atoms with Crippen molar-refractivity contribution in [3.63, 3.8) is 0 Å². The second-order valence-electron chi connectivity index (χ2n) is 5.15. The zero-order chi connectivity index (χ0) is 14.5. The van der Waals surface area contributed by atoms with Crippen LogP contribution in [-0.2, 0) is 6.42 Å². The van der Waals surface area contributed by atoms with Crippen molar-refractivity contribution in [2.45, 2.75) is 45.4 Å². The summed E-state index contributed by atoms with van der Waals surface area (Å²) in [4.78, 5) is 15.1. The molecule has 4 heteroatoms. The predicted molar refractivity (Wildman–Crippen MR) is 80.4 cm³/mol. The summed E-state index contributed by atoms with van der Waals surface area (Å²) >= 11 is 0. The Kier molecular flexibility index (Phi) is 4.66. The molecule has 1 heterocycles. The summed E-state index contributed by atoms with van der Waals surface area (Å²) < 4.78 is 0. The lowest BCUT2D eigenvalue weighted by Crippen LogP contribution is -2.07. The summed E-state index contributed by atoms with van der Waals surface area (Å²) in [7, 11) is 0. The van der Waals surface area contributed by atoms with Crippen molar-refractivity contribution in [2.24, 2.45) is 0 Å². The summed E-state index contributed by atoms with van der Waals surface area (Å²) in [6.07, 6.45) is 6.18. The molecule has 0 bridgehead atoms. The van der Waals surface area contributed by atoms with Crippen molar-refractivity contribution in [1.82, 2.24) is 4.98 Å². The molecule has 2 aromatic rings. The monoisotopic (exact) mass is 275 g/mol. The van der Waals surface area contributed by atoms with E-state index in [1.54, 1.807) is 12.1 Å². The van der Waals surface area contributed by atoms with E-state index in [-0.39, 0.29) is 11.5 Å². The van der Waals surface area contributed by atoms with Crippen molar-refractivity contribution >= 4 is 10.9 Å². The van der Waals surface area contributed by atoms with Gasteiger partial charge in [-0.15, -0.1) is 0 Å². The van der Waals surface area contributed by atoms with Crippen molar-refractivity contribution in [3.8, 4) is 11.5 Å². The number of pyridine rings is 1. The SMILES string of the molecule is CCCCCCCc1[nH]c2c(O)cccc2c(=O)c1O. The van der Waals surface area contributed by atoms with E-state index in [1.807, 2.05) is 0 Å². The van der Waals surface area contributed by atoms with Gasteiger partial charge < -0.3 is 15.2 Å². The molecule has 0 aliphatic carbocycles. The molecule has 0 aliphatic heterocycles. The van der Waals surface area contributed by atoms with Crippen LogP contribution < -0.4 is 5.43 Å². The maximum atomic E-state index is 12.1. The molecule has 108 valence electrons. The highest BCUT2D eigenvalue weighted by atomic mass is 16.3. The van der Waals surface area contributed by atoms with E-state index in [0.717, 1.165) is 12.8 Å². The fraction of sp³-hybridized carbons (Fsp3) is 0.438. The standard InChI is InChI=1S/C16H21NO3/c1-2-3-4-5-6-9-12-16(20)15(19)11-8-7-10-13(18)14(11)17-12/h7-8,10,18,20H,2-6,9H2,1H3,(H,17,19). The number of aromatic amines is 1. The molecule has 1 aromatic carbocycles. The van der Waals surface area contributed by atoms with Crippen molar-refractivity contribution in [3.05, 3.63) is 34.1 Å². The molecule has 0 fully saturated rings. The van der Waals surface area contributed by atoms with E-state index < -0.39 is 5.43 Å². The van der Waals surface area contributed by atoms with Crippen LogP contribution in [0.4, 0.5) is 0 Å². The molecule has 0 saturated heterocycles. The Morgan fingerprint density at radius 1 is 1.10 bits per heavy atom. The van der Waals surface area contributed by atoms with Crippen molar-refractivity contribution in [2.75, 3.05) is 0 Å². The molecule has 0 atom stereocenters. The molecule has 0 amide bonds. The summed E-state index contributed by atoms with van der Waals surface area (Å²) in [5, 5.41) is 20.1. The number of phenolic OH excluding ortho intramolecular Hbond substituents is 1. The Bertz CT molecular complexity index is 646. The van der Waals surface area contributed by atoms with E-state index in [1.165, 1.54) is 25.3 Å². The summed E-state index contributed by atoms with van der Waals surface area (Å²) in [6.45, 7) is 2.16. The number of aryl methyl sites for hydroxylation is 1. The van der Waals surface area contributed by atoms with E-state index in [0.29, 0.717) is 23.0 Å². The summed E-state index contributed by atoms with van der Waals surface area (Å²) in [6, 6.07) is 4.72. The van der Waals surface area contributed by atoms with E-state index in [9.17, 15) is 15.0 Å². The number of hydrogen-bond donors (Lipinski definition) is 3. The van der Waals surface area contributed by atoms with Gasteiger partial charge in [-0.3, -0.25) is 4.79 Å². The zero-order valence-electron chi connectivity index (χ0n) is 11.8. The minimum atomic E-state index is -0.418. The topological polar surface area (TPSA) is 73.3 Å². The first kappa shape index (κ1) is 14.4. The number of aromatic hydroxyl groups is 2. The molecule has 4 nitrogen and oxygen atoms in total. The molecule has 0 unspecified atom stereocenters. The van der Waals surface area contributed by atoms with Crippen molar-refractivity contribution in [1.29, 1.82) is 0 Å². The van der Waals surface area contributed by atoms with Crippen LogP contribution in [0.15, 0.2) is 23.0 Å². The first-order valence-corrected chi connectivity index (χ1v) is 7.21. The fourth-order valence-electron chi connectivity index (χ4n) is 2.42. The van der Waals surface area contributed by atoms with Crippen LogP contribution in [0.1, 0.15) is 44.7 Å². The number of hydrogen-bond acceptors (Lipinski definition) is 3. The van der Waals surface area contributed by atoms with Crippen molar-refractivity contribution < 1.29 is 10.2 Å². The van der Waals surface area contributed by atoms with Gasteiger partial charge in [0.1, 0.15) is 5.75 Å². The highest BCUT2D eigenvalue weighted by Gasteiger charge is 2.12. The quantitative estimate of drug-likeness (QED) is 0.707. The van der Waals surface area contributed by atoms with Gasteiger partial charge in [-0.05, 0) is 25.0 Å². The number of benzene rings is 1. The molecule has 0 radical (unpaired) electrons. The van der Waals surface area contributed by atoms with Gasteiger partial charge >= 0.3 is 0 Å². The summed E-state index contributed by atoms with van der Waals surface area (Å²) in [5.74, 6) is -0.189. The van der Waals surface area contributed by atoms with Crippen LogP contribution in [0.2, 0.25) is 0 Å². The second kappa shape index (κ2) is 6.46. The molecule has 20 heavy (non-hydrogen) atoms. The van der Waals surface area contributed by atoms with Crippen LogP contribution in [0.5, 0.6) is 11.5 Å². The normalized spacial score (nSPS) is 11.1. The number of para-hydroxylation sites is 1. The molecule has 2 rings (SSSR count). The molecule has 3 N–H and O–H groups in total. The van der Waals surface area contributed by atoms with Gasteiger partial charge in [0.15, 0.2) is 5.75 Å². The Morgan fingerprint density at radius 3 is 2.60 bits per heavy atom. The number of rotatable bonds is 6. The van der Waals surface area contributed by atoms with Gasteiger partial charge in [0.2, 0.25) is 5.43 Å². The average molecular weight is 275 g/mol. The molecule has 0 aliphatic rings. The maximum absolute atomic E-state index is 12.1. The molecule has 0 spiro atoms. The highest BCUT2D eigenvalue weighted by molar-refractivity contribution is 5.85. The van der Waals surface area contributed by atoms with Crippen LogP contribution in [0.25, 0.3) is 10.9 Å². The van der Waals surface area contributed by atoms with Gasteiger partial charge in [0, 0.05) is 0 Å². The van der Waals surface area contributed by atoms with Gasteiger partial charge in [0.25, 0.3) is 0 Å². The smallest absolute Gasteiger partial charge is 0.231 e. The maximum Gasteiger partial charge on any atom is 0.231 e. The number of nitrogens with one attached hydrogen (secondary N) is 1. The van der Waals surface area contributed by atoms with Crippen LogP contribution in [0, 0.1) is 0 Å². The first-order chi connectivity index (χ1) is 9.65. The Balaban J connectivity index is 2.23. The van der Waals surface area contributed by atoms with Crippen LogP contribution in [0.3, 0.4) is 0 Å². The Hall–Kier alpha value is -1.97. The molecular weight excluding hydrogens is 254 g/mol. The zero-order valence-corrected chi connectivity index (χ0v) is 11.8. The Morgan fingerprint density at radius 2 is 1.85 bits per heavy atom. The minimum absolute atomic E-state index is 0.0341. The lowest BCUT2D eigenvalue weighted by molar-refractivity contribution is 0.457. The van der Waals surface area contributed by atoms with E-state index >= 15 is 0 Å². The van der Waals surface area contributed by atoms with Gasteiger partial charge in [-0.2, -0.15) is 0 Å². The highest BCUT2D eigenvalue weighted by Crippen LogP contribution is 2.24. The number of fused-ring (bicyclic) bond motifs is 1. The van der Waals surface area contributed by atoms with Crippen LogP contribution >= 0.6 is 0 Å². The van der Waals surface area contributed by atoms with E-state index in [4.69, 9.17) is 0 Å². The number of phenols is 1. The third kappa shape index (κ3) is 2.95. The largest absolute Gasteiger partial charge is 0.506 e. The number of unbranched alkanes of at least 4 members (excludes halogenated alkanes) is 4. The van der Waals surface area contributed by atoms with E-state index in [2.05, 4.69) is 11.9 Å². The van der Waals surface area contributed by atoms with Crippen LogP contribution in [-0.4, -0.2) is 15.2 Å². The fourth-order valence-corrected chi connectivity index (χ4v) is 2.42. The van der Waals surface area contributed by atoms with Gasteiger partial charge in [-0.1, -0.05) is 38.7 Å². The lowest BCUT2D eigenvalue weighted by Gasteiger charge is -2.08. The second-order valence-corrected chi connectivity index (χ2v) is 5.15. The molecular formula is C16H21NO3. The number of aromatic nitrogens is 1.